The zero-order chi connectivity index (χ0) is 23.7. The number of hydrogen-bond donors (Lipinski definition) is 3. The van der Waals surface area contributed by atoms with Gasteiger partial charge < -0.3 is 15.5 Å². The van der Waals surface area contributed by atoms with E-state index in [1.54, 1.807) is 24.4 Å². The number of rotatable bonds is 5. The highest BCUT2D eigenvalue weighted by atomic mass is 16.2. The zero-order valence-electron chi connectivity index (χ0n) is 18.6. The fourth-order valence-electron chi connectivity index (χ4n) is 4.61. The molecule has 1 saturated heterocycles. The Hall–Kier alpha value is -3.85. The zero-order valence-corrected chi connectivity index (χ0v) is 18.6. The smallest absolute Gasteiger partial charge is 0.270 e. The molecule has 0 bridgehead atoms. The average molecular weight is 460 g/mol. The molecule has 4 heterocycles. The number of carbonyl (C=O) groups excluding carboxylic acids is 4. The van der Waals surface area contributed by atoms with Crippen LogP contribution in [-0.2, 0) is 22.7 Å². The summed E-state index contributed by atoms with van der Waals surface area (Å²) in [6.07, 6.45) is 5.36. The van der Waals surface area contributed by atoms with Crippen LogP contribution in [0.3, 0.4) is 0 Å². The van der Waals surface area contributed by atoms with Crippen molar-refractivity contribution in [1.82, 2.24) is 25.8 Å². The van der Waals surface area contributed by atoms with Gasteiger partial charge in [0.05, 0.1) is 0 Å². The predicted octanol–water partition coefficient (Wildman–Crippen LogP) is 1.15. The van der Waals surface area contributed by atoms with Crippen molar-refractivity contribution in [2.75, 3.05) is 13.1 Å². The minimum Gasteiger partial charge on any atom is -0.347 e. The van der Waals surface area contributed by atoms with E-state index in [4.69, 9.17) is 0 Å². The lowest BCUT2D eigenvalue weighted by atomic mass is 10.0. The molecule has 0 saturated carbocycles. The lowest BCUT2D eigenvalue weighted by molar-refractivity contribution is -0.136. The number of pyridine rings is 1. The molecule has 0 spiro atoms. The normalized spacial score (nSPS) is 20.0. The van der Waals surface area contributed by atoms with E-state index in [-0.39, 0.29) is 24.1 Å². The monoisotopic (exact) mass is 459 g/mol. The van der Waals surface area contributed by atoms with Crippen molar-refractivity contribution in [3.8, 4) is 0 Å². The molecule has 34 heavy (non-hydrogen) atoms. The average Bonchev–Trinajstić information content (AvgIpc) is 3.18. The number of imide groups is 1. The number of aromatic nitrogens is 1. The highest BCUT2D eigenvalue weighted by Crippen LogP contribution is 2.28. The summed E-state index contributed by atoms with van der Waals surface area (Å²) in [6, 6.07) is 8.40. The first kappa shape index (κ1) is 22.0. The molecule has 1 unspecified atom stereocenters. The van der Waals surface area contributed by atoms with Crippen molar-refractivity contribution in [3.63, 3.8) is 0 Å². The van der Waals surface area contributed by atoms with E-state index in [1.165, 1.54) is 10.5 Å². The first-order valence-electron chi connectivity index (χ1n) is 11.4. The minimum atomic E-state index is -0.643. The fraction of sp³-hybridized carbons (Fsp3) is 0.320. The van der Waals surface area contributed by atoms with Gasteiger partial charge in [-0.15, -0.1) is 0 Å². The maximum Gasteiger partial charge on any atom is 0.270 e. The Labute approximate surface area is 196 Å². The lowest BCUT2D eigenvalue weighted by Crippen LogP contribution is -2.52. The quantitative estimate of drug-likeness (QED) is 0.577. The Morgan fingerprint density at radius 3 is 2.76 bits per heavy atom. The highest BCUT2D eigenvalue weighted by Gasteiger charge is 2.39. The number of nitrogens with zero attached hydrogens (tertiary/aromatic N) is 2. The lowest BCUT2D eigenvalue weighted by Gasteiger charge is -2.29. The van der Waals surface area contributed by atoms with Gasteiger partial charge in [0.1, 0.15) is 11.7 Å². The largest absolute Gasteiger partial charge is 0.347 e. The number of nitrogens with one attached hydrogen (secondary N) is 3. The molecular weight excluding hydrogens is 434 g/mol. The van der Waals surface area contributed by atoms with Crippen LogP contribution in [0.5, 0.6) is 0 Å². The third-order valence-electron chi connectivity index (χ3n) is 6.47. The molecule has 0 aliphatic carbocycles. The van der Waals surface area contributed by atoms with Gasteiger partial charge in [-0.3, -0.25) is 29.5 Å². The maximum atomic E-state index is 12.8. The van der Waals surface area contributed by atoms with Gasteiger partial charge in [-0.05, 0) is 53.8 Å². The van der Waals surface area contributed by atoms with Crippen LogP contribution in [0.2, 0.25) is 0 Å². The number of benzene rings is 1. The van der Waals surface area contributed by atoms with Gasteiger partial charge in [-0.1, -0.05) is 24.3 Å². The second-order valence-electron chi connectivity index (χ2n) is 8.69. The van der Waals surface area contributed by atoms with Crippen molar-refractivity contribution in [2.45, 2.75) is 38.4 Å². The molecular formula is C25H25N5O4. The Morgan fingerprint density at radius 2 is 2.03 bits per heavy atom. The summed E-state index contributed by atoms with van der Waals surface area (Å²) in [7, 11) is 0. The van der Waals surface area contributed by atoms with Crippen molar-refractivity contribution >= 4 is 29.2 Å². The Bertz CT molecular complexity index is 1200. The predicted molar refractivity (Wildman–Crippen MR) is 123 cm³/mol. The standard InChI is InChI=1S/C25H25N5O4/c31-22-6-5-21(24(33)29-22)30-14-18-11-15(1-3-19(18)25(30)34)12-28-23(32)20-4-2-17(13-27-20)16-7-9-26-10-8-16/h1-4,7,11,13,21,26H,5-6,8-10,12,14H2,(H,28,32)(H,29,31,33). The van der Waals surface area contributed by atoms with Gasteiger partial charge in [0.15, 0.2) is 0 Å². The Morgan fingerprint density at radius 1 is 1.15 bits per heavy atom. The minimum absolute atomic E-state index is 0.215. The molecule has 3 aliphatic rings. The van der Waals surface area contributed by atoms with E-state index < -0.39 is 11.9 Å². The number of fused-ring (bicyclic) bond motifs is 1. The van der Waals surface area contributed by atoms with Gasteiger partial charge >= 0.3 is 0 Å². The summed E-state index contributed by atoms with van der Waals surface area (Å²) in [5.74, 6) is -1.23. The third kappa shape index (κ3) is 4.34. The first-order chi connectivity index (χ1) is 16.5. The van der Waals surface area contributed by atoms with Crippen LogP contribution >= 0.6 is 0 Å². The van der Waals surface area contributed by atoms with E-state index in [2.05, 4.69) is 27.0 Å². The van der Waals surface area contributed by atoms with E-state index in [0.717, 1.165) is 36.2 Å². The van der Waals surface area contributed by atoms with Crippen molar-refractivity contribution in [2.24, 2.45) is 0 Å². The van der Waals surface area contributed by atoms with Crippen LogP contribution in [0.25, 0.3) is 5.57 Å². The first-order valence-corrected chi connectivity index (χ1v) is 11.4. The van der Waals surface area contributed by atoms with Gasteiger partial charge in [-0.2, -0.15) is 0 Å². The molecule has 174 valence electrons. The van der Waals surface area contributed by atoms with Gasteiger partial charge in [-0.25, -0.2) is 0 Å². The summed E-state index contributed by atoms with van der Waals surface area (Å²) in [5, 5.41) is 8.46. The molecule has 3 N–H and O–H groups in total. The molecule has 2 aromatic rings. The van der Waals surface area contributed by atoms with Crippen LogP contribution in [-0.4, -0.2) is 52.6 Å². The SMILES string of the molecule is O=C1CCC(N2Cc3cc(CNC(=O)c4ccc(C5=CCNCC5)cn4)ccc3C2=O)C(=O)N1. The molecule has 3 aliphatic heterocycles. The van der Waals surface area contributed by atoms with Crippen LogP contribution in [0.1, 0.15) is 56.8 Å². The molecule has 0 radical (unpaired) electrons. The molecule has 1 atom stereocenters. The van der Waals surface area contributed by atoms with Crippen molar-refractivity contribution in [1.29, 1.82) is 0 Å². The Balaban J connectivity index is 1.21. The topological polar surface area (TPSA) is 120 Å². The van der Waals surface area contributed by atoms with Crippen molar-refractivity contribution in [3.05, 3.63) is 70.6 Å². The van der Waals surface area contributed by atoms with Gasteiger partial charge in [0, 0.05) is 37.8 Å². The summed E-state index contributed by atoms with van der Waals surface area (Å²) < 4.78 is 0. The van der Waals surface area contributed by atoms with E-state index in [0.29, 0.717) is 30.8 Å². The highest BCUT2D eigenvalue weighted by molar-refractivity contribution is 6.05. The van der Waals surface area contributed by atoms with Crippen LogP contribution in [0, 0.1) is 0 Å². The molecule has 1 aromatic carbocycles. The van der Waals surface area contributed by atoms with E-state index in [9.17, 15) is 19.2 Å². The van der Waals surface area contributed by atoms with Gasteiger partial charge in [0.25, 0.3) is 11.8 Å². The molecule has 1 aromatic heterocycles. The van der Waals surface area contributed by atoms with Crippen LogP contribution < -0.4 is 16.0 Å². The van der Waals surface area contributed by atoms with Gasteiger partial charge in [0.2, 0.25) is 11.8 Å². The third-order valence-corrected chi connectivity index (χ3v) is 6.47. The fourth-order valence-corrected chi connectivity index (χ4v) is 4.61. The Kier molecular flexibility index (Phi) is 5.93. The second kappa shape index (κ2) is 9.18. The number of carbonyl (C=O) groups is 4. The maximum absolute atomic E-state index is 12.8. The molecule has 9 heteroatoms. The van der Waals surface area contributed by atoms with Crippen LogP contribution in [0.4, 0.5) is 0 Å². The van der Waals surface area contributed by atoms with E-state index >= 15 is 0 Å². The van der Waals surface area contributed by atoms with E-state index in [1.807, 2.05) is 12.1 Å². The number of hydrogen-bond acceptors (Lipinski definition) is 6. The number of amides is 4. The molecule has 4 amide bonds. The number of piperidine rings is 1. The molecule has 5 rings (SSSR count). The summed E-state index contributed by atoms with van der Waals surface area (Å²) in [6.45, 7) is 2.37. The second-order valence-corrected chi connectivity index (χ2v) is 8.69. The summed E-state index contributed by atoms with van der Waals surface area (Å²) in [5.41, 5.74) is 4.81. The summed E-state index contributed by atoms with van der Waals surface area (Å²) >= 11 is 0. The summed E-state index contributed by atoms with van der Waals surface area (Å²) in [4.78, 5) is 54.8. The molecule has 9 nitrogen and oxygen atoms in total. The van der Waals surface area contributed by atoms with Crippen LogP contribution in [0.15, 0.2) is 42.6 Å². The van der Waals surface area contributed by atoms with Crippen molar-refractivity contribution < 1.29 is 19.2 Å². The molecule has 1 fully saturated rings.